The summed E-state index contributed by atoms with van der Waals surface area (Å²) in [4.78, 5) is 13.7. The van der Waals surface area contributed by atoms with Crippen molar-refractivity contribution in [1.82, 2.24) is 4.90 Å². The lowest BCUT2D eigenvalue weighted by molar-refractivity contribution is -0.146. The van der Waals surface area contributed by atoms with Gasteiger partial charge in [0.25, 0.3) is 0 Å². The Bertz CT molecular complexity index is 463. The van der Waals surface area contributed by atoms with Gasteiger partial charge in [0.05, 0.1) is 18.5 Å². The van der Waals surface area contributed by atoms with E-state index >= 15 is 0 Å². The van der Waals surface area contributed by atoms with Gasteiger partial charge in [-0.05, 0) is 19.3 Å². The average molecular weight is 305 g/mol. The fourth-order valence-electron chi connectivity index (χ4n) is 3.42. The third-order valence-electron chi connectivity index (χ3n) is 4.46. The van der Waals surface area contributed by atoms with Crippen molar-refractivity contribution in [3.63, 3.8) is 0 Å². The number of aliphatic hydroxyl groups is 1. The van der Waals surface area contributed by atoms with E-state index in [0.717, 1.165) is 12.8 Å². The molecule has 2 fully saturated rings. The van der Waals surface area contributed by atoms with Crippen molar-refractivity contribution in [1.29, 1.82) is 0 Å². The molecule has 1 aliphatic heterocycles. The number of ether oxygens (including phenoxy) is 1. The Hall–Kier alpha value is -0.660. The molecule has 1 saturated carbocycles. The second-order valence-electron chi connectivity index (χ2n) is 5.90. The van der Waals surface area contributed by atoms with Gasteiger partial charge in [-0.25, -0.2) is 8.42 Å². The van der Waals surface area contributed by atoms with Crippen LogP contribution in [0.4, 0.5) is 0 Å². The van der Waals surface area contributed by atoms with E-state index < -0.39 is 22.0 Å². The third-order valence-corrected chi connectivity index (χ3v) is 6.10. The number of hydrogen-bond acceptors (Lipinski definition) is 6. The largest absolute Gasteiger partial charge is 0.468 e. The minimum Gasteiger partial charge on any atom is -0.468 e. The number of aliphatic hydroxyl groups excluding tert-OH is 1. The van der Waals surface area contributed by atoms with Crippen molar-refractivity contribution in [3.8, 4) is 0 Å². The lowest BCUT2D eigenvalue weighted by Crippen LogP contribution is -2.47. The maximum Gasteiger partial charge on any atom is 0.323 e. The lowest BCUT2D eigenvalue weighted by Gasteiger charge is -2.36. The molecule has 0 spiro atoms. The Morgan fingerprint density at radius 1 is 1.30 bits per heavy atom. The third kappa shape index (κ3) is 3.32. The molecule has 0 aromatic rings. The summed E-state index contributed by atoms with van der Waals surface area (Å²) in [6, 6.07) is -0.414. The van der Waals surface area contributed by atoms with Crippen molar-refractivity contribution < 1.29 is 23.1 Å². The highest BCUT2D eigenvalue weighted by molar-refractivity contribution is 7.91. The van der Waals surface area contributed by atoms with Gasteiger partial charge in [0.15, 0.2) is 0 Å². The molecule has 2 rings (SSSR count). The van der Waals surface area contributed by atoms with Crippen LogP contribution in [0.2, 0.25) is 0 Å². The second kappa shape index (κ2) is 5.99. The first-order chi connectivity index (χ1) is 9.32. The molecule has 4 unspecified atom stereocenters. The van der Waals surface area contributed by atoms with Gasteiger partial charge < -0.3 is 9.84 Å². The molecule has 1 aliphatic carbocycles. The average Bonchev–Trinajstić information content (AvgIpc) is 2.79. The van der Waals surface area contributed by atoms with E-state index in [1.807, 2.05) is 4.90 Å². The van der Waals surface area contributed by atoms with Crippen LogP contribution in [0.1, 0.15) is 32.1 Å². The zero-order valence-corrected chi connectivity index (χ0v) is 12.8. The smallest absolute Gasteiger partial charge is 0.323 e. The monoisotopic (exact) mass is 305 g/mol. The summed E-state index contributed by atoms with van der Waals surface area (Å²) < 4.78 is 28.2. The number of sulfone groups is 1. The van der Waals surface area contributed by atoms with Crippen molar-refractivity contribution in [2.24, 2.45) is 0 Å². The summed E-state index contributed by atoms with van der Waals surface area (Å²) in [5, 5.41) is 9.47. The lowest BCUT2D eigenvalue weighted by atomic mass is 9.93. The summed E-state index contributed by atoms with van der Waals surface area (Å²) in [7, 11) is -1.71. The van der Waals surface area contributed by atoms with Crippen LogP contribution in [0.3, 0.4) is 0 Å². The zero-order chi connectivity index (χ0) is 14.9. The first-order valence-corrected chi connectivity index (χ1v) is 8.99. The molecule has 0 bridgehead atoms. The van der Waals surface area contributed by atoms with Crippen molar-refractivity contribution in [2.45, 2.75) is 55.5 Å². The number of nitrogens with zero attached hydrogens (tertiary/aromatic N) is 1. The van der Waals surface area contributed by atoms with Gasteiger partial charge in [-0.3, -0.25) is 9.69 Å². The van der Waals surface area contributed by atoms with E-state index in [0.29, 0.717) is 25.8 Å². The fraction of sp³-hybridized carbons (Fsp3) is 0.923. The molecule has 4 atom stereocenters. The maximum atomic E-state index is 11.8. The van der Waals surface area contributed by atoms with Crippen LogP contribution in [0.5, 0.6) is 0 Å². The quantitative estimate of drug-likeness (QED) is 0.736. The van der Waals surface area contributed by atoms with E-state index in [2.05, 4.69) is 0 Å². The first kappa shape index (κ1) is 15.7. The van der Waals surface area contributed by atoms with Crippen LogP contribution >= 0.6 is 0 Å². The minimum atomic E-state index is -3.05. The van der Waals surface area contributed by atoms with Gasteiger partial charge in [0.2, 0.25) is 0 Å². The number of hydrogen-bond donors (Lipinski definition) is 1. The molecule has 1 saturated heterocycles. The van der Waals surface area contributed by atoms with E-state index in [1.54, 1.807) is 0 Å². The molecule has 1 heterocycles. The summed E-state index contributed by atoms with van der Waals surface area (Å²) >= 11 is 0. The van der Waals surface area contributed by atoms with E-state index in [1.165, 1.54) is 13.4 Å². The van der Waals surface area contributed by atoms with Gasteiger partial charge in [0.1, 0.15) is 15.9 Å². The second-order valence-corrected chi connectivity index (χ2v) is 8.22. The topological polar surface area (TPSA) is 83.9 Å². The number of esters is 1. The molecule has 2 aliphatic rings. The zero-order valence-electron chi connectivity index (χ0n) is 12.0. The Kier molecular flexibility index (Phi) is 4.71. The van der Waals surface area contributed by atoms with Crippen molar-refractivity contribution in [3.05, 3.63) is 0 Å². The Labute approximate surface area is 120 Å². The van der Waals surface area contributed by atoms with E-state index in [4.69, 9.17) is 4.74 Å². The Morgan fingerprint density at radius 3 is 2.60 bits per heavy atom. The SMILES string of the molecule is COC(=O)C1CC(O)CN1C1CCCC(S(C)(=O)=O)C1. The molecule has 20 heavy (non-hydrogen) atoms. The fourth-order valence-corrected chi connectivity index (χ4v) is 4.59. The minimum absolute atomic E-state index is 0.0322. The number of carbonyl (C=O) groups excluding carboxylic acids is 1. The molecule has 6 nitrogen and oxygen atoms in total. The molecule has 116 valence electrons. The van der Waals surface area contributed by atoms with Gasteiger partial charge in [0, 0.05) is 25.3 Å². The van der Waals surface area contributed by atoms with Gasteiger partial charge in [-0.1, -0.05) is 6.42 Å². The molecule has 0 amide bonds. The van der Waals surface area contributed by atoms with Crippen LogP contribution in [-0.4, -0.2) is 67.7 Å². The summed E-state index contributed by atoms with van der Waals surface area (Å²) in [5.74, 6) is -0.344. The number of β-amino-alcohol motifs (C(OH)–C–C–N with tert-alkyl or cyclic N) is 1. The van der Waals surface area contributed by atoms with Crippen molar-refractivity contribution >= 4 is 15.8 Å². The Balaban J connectivity index is 2.11. The van der Waals surface area contributed by atoms with E-state index in [9.17, 15) is 18.3 Å². The summed E-state index contributed by atoms with van der Waals surface area (Å²) in [5.41, 5.74) is 0. The number of carbonyl (C=O) groups is 1. The highest BCUT2D eigenvalue weighted by atomic mass is 32.2. The van der Waals surface area contributed by atoms with Crippen LogP contribution in [0.15, 0.2) is 0 Å². The molecule has 0 aromatic carbocycles. The van der Waals surface area contributed by atoms with Gasteiger partial charge in [-0.2, -0.15) is 0 Å². The first-order valence-electron chi connectivity index (χ1n) is 7.03. The van der Waals surface area contributed by atoms with Crippen LogP contribution < -0.4 is 0 Å². The van der Waals surface area contributed by atoms with E-state index in [-0.39, 0.29) is 17.3 Å². The molecular formula is C13H23NO5S. The Morgan fingerprint density at radius 2 is 2.00 bits per heavy atom. The number of rotatable bonds is 3. The van der Waals surface area contributed by atoms with Crippen molar-refractivity contribution in [2.75, 3.05) is 19.9 Å². The van der Waals surface area contributed by atoms with Gasteiger partial charge >= 0.3 is 5.97 Å². The summed E-state index contributed by atoms with van der Waals surface area (Å²) in [6.07, 6.45) is 4.03. The molecule has 0 radical (unpaired) electrons. The highest BCUT2D eigenvalue weighted by Crippen LogP contribution is 2.32. The standard InChI is InChI=1S/C13H23NO5S/c1-19-13(16)12-7-10(15)8-14(12)9-4-3-5-11(6-9)20(2,17)18/h9-12,15H,3-8H2,1-2H3. The van der Waals surface area contributed by atoms with Crippen LogP contribution in [0.25, 0.3) is 0 Å². The number of methoxy groups -OCH3 is 1. The molecule has 1 N–H and O–H groups in total. The predicted molar refractivity (Wildman–Crippen MR) is 74.0 cm³/mol. The summed E-state index contributed by atoms with van der Waals surface area (Å²) in [6.45, 7) is 0.418. The molecular weight excluding hydrogens is 282 g/mol. The van der Waals surface area contributed by atoms with Gasteiger partial charge in [-0.15, -0.1) is 0 Å². The van der Waals surface area contributed by atoms with Crippen LogP contribution in [-0.2, 0) is 19.4 Å². The molecule has 7 heteroatoms. The highest BCUT2D eigenvalue weighted by Gasteiger charge is 2.42. The maximum absolute atomic E-state index is 11.8. The van der Waals surface area contributed by atoms with Crippen LogP contribution in [0, 0.1) is 0 Å². The predicted octanol–water partition coefficient (Wildman–Crippen LogP) is -0.0496. The number of likely N-dealkylation sites (tertiary alicyclic amines) is 1. The normalized spacial score (nSPS) is 36.0. The molecule has 0 aromatic heterocycles.